The lowest BCUT2D eigenvalue weighted by Crippen LogP contribution is -2.11. The zero-order valence-electron chi connectivity index (χ0n) is 17.3. The molecule has 9 heteroatoms. The van der Waals surface area contributed by atoms with Gasteiger partial charge in [0.1, 0.15) is 16.7 Å². The molecule has 8 nitrogen and oxygen atoms in total. The first kappa shape index (κ1) is 20.8. The number of phenols is 1. The summed E-state index contributed by atoms with van der Waals surface area (Å²) in [5, 5.41) is 24.0. The van der Waals surface area contributed by atoms with Crippen LogP contribution in [0.4, 0.5) is 5.69 Å². The number of hydrogen-bond donors (Lipinski definition) is 3. The summed E-state index contributed by atoms with van der Waals surface area (Å²) < 4.78 is 5.62. The predicted octanol–water partition coefficient (Wildman–Crippen LogP) is 4.24. The van der Waals surface area contributed by atoms with Crippen LogP contribution in [0.25, 0.3) is 27.5 Å². The maximum absolute atomic E-state index is 12.6. The van der Waals surface area contributed by atoms with Crippen LogP contribution in [0.2, 0.25) is 0 Å². The summed E-state index contributed by atoms with van der Waals surface area (Å²) in [4.78, 5) is 18.2. The third-order valence-corrected chi connectivity index (χ3v) is 5.26. The Kier molecular flexibility index (Phi) is 5.54. The summed E-state index contributed by atoms with van der Waals surface area (Å²) in [5.41, 5.74) is 2.69. The number of fused-ring (bicyclic) bond motifs is 2. The van der Waals surface area contributed by atoms with Crippen molar-refractivity contribution < 1.29 is 14.6 Å². The van der Waals surface area contributed by atoms with E-state index in [4.69, 9.17) is 4.74 Å². The van der Waals surface area contributed by atoms with E-state index in [9.17, 15) is 9.90 Å². The van der Waals surface area contributed by atoms with Crippen molar-refractivity contribution in [1.82, 2.24) is 20.0 Å². The maximum atomic E-state index is 12.6. The Morgan fingerprint density at radius 3 is 2.64 bits per heavy atom. The van der Waals surface area contributed by atoms with Gasteiger partial charge in [0.15, 0.2) is 5.75 Å². The number of benzene rings is 3. The minimum atomic E-state index is -0.243. The van der Waals surface area contributed by atoms with Crippen molar-refractivity contribution in [2.45, 2.75) is 0 Å². The van der Waals surface area contributed by atoms with Crippen molar-refractivity contribution in [3.05, 3.63) is 78.5 Å². The van der Waals surface area contributed by atoms with Crippen LogP contribution in [-0.4, -0.2) is 43.4 Å². The van der Waals surface area contributed by atoms with Gasteiger partial charge in [0.05, 0.1) is 6.61 Å². The minimum Gasteiger partial charge on any atom is -0.505 e. The summed E-state index contributed by atoms with van der Waals surface area (Å²) in [6.07, 6.45) is 1.57. The smallest absolute Gasteiger partial charge is 0.255 e. The van der Waals surface area contributed by atoms with Crippen LogP contribution in [0.5, 0.6) is 11.6 Å². The number of aromatic nitrogens is 4. The molecule has 5 rings (SSSR count). The molecule has 2 N–H and O–H groups in total. The molecule has 3 aromatic carbocycles. The van der Waals surface area contributed by atoms with E-state index in [0.29, 0.717) is 57.0 Å². The van der Waals surface area contributed by atoms with E-state index in [-0.39, 0.29) is 11.7 Å². The van der Waals surface area contributed by atoms with E-state index < -0.39 is 0 Å². The van der Waals surface area contributed by atoms with Gasteiger partial charge in [-0.15, -0.1) is 15.0 Å². The number of carbonyl (C=O) groups is 1. The predicted molar refractivity (Wildman–Crippen MR) is 130 cm³/mol. The van der Waals surface area contributed by atoms with E-state index in [1.54, 1.807) is 42.6 Å². The molecule has 0 fully saturated rings. The lowest BCUT2D eigenvalue weighted by Gasteiger charge is -2.10. The molecule has 0 aliphatic rings. The highest BCUT2D eigenvalue weighted by Gasteiger charge is 2.16. The highest BCUT2D eigenvalue weighted by Crippen LogP contribution is 2.34. The van der Waals surface area contributed by atoms with E-state index >= 15 is 0 Å². The summed E-state index contributed by atoms with van der Waals surface area (Å²) in [7, 11) is 0. The molecule has 2 aromatic heterocycles. The van der Waals surface area contributed by atoms with Crippen LogP contribution in [-0.2, 0) is 0 Å². The molecule has 2 heterocycles. The molecule has 164 valence electrons. The average Bonchev–Trinajstić information content (AvgIpc) is 3.27. The van der Waals surface area contributed by atoms with E-state index in [1.807, 2.05) is 30.3 Å². The number of thiol groups is 1. The molecule has 0 saturated heterocycles. The number of aromatic hydroxyl groups is 1. The number of rotatable bonds is 6. The number of nitrogens with one attached hydrogen (secondary N) is 1. The summed E-state index contributed by atoms with van der Waals surface area (Å²) in [5.74, 6) is 0.744. The first-order valence-corrected chi connectivity index (χ1v) is 10.9. The Balaban J connectivity index is 1.49. The molecule has 1 amide bonds. The number of ether oxygens (including phenoxy) is 1. The molecule has 0 aliphatic heterocycles. The largest absolute Gasteiger partial charge is 0.505 e. The first-order valence-electron chi connectivity index (χ1n) is 10.2. The molecule has 5 aromatic rings. The van der Waals surface area contributed by atoms with E-state index in [0.717, 1.165) is 0 Å². The van der Waals surface area contributed by atoms with Crippen molar-refractivity contribution >= 4 is 46.0 Å². The number of amides is 1. The SMILES string of the molecule is O=C(Nc1ccccc1)c1ccc2nn(-c3ccc4c(OCCS)nccc4c3O)nc2c1. The molecule has 0 unspecified atom stereocenters. The Labute approximate surface area is 194 Å². The van der Waals surface area contributed by atoms with E-state index in [2.05, 4.69) is 33.1 Å². The second kappa shape index (κ2) is 8.79. The summed E-state index contributed by atoms with van der Waals surface area (Å²) in [6, 6.07) is 19.5. The van der Waals surface area contributed by atoms with Crippen molar-refractivity contribution in [2.24, 2.45) is 0 Å². The molecule has 0 radical (unpaired) electrons. The Morgan fingerprint density at radius 2 is 1.82 bits per heavy atom. The lowest BCUT2D eigenvalue weighted by molar-refractivity contribution is 0.102. The molecular formula is C24H19N5O3S. The van der Waals surface area contributed by atoms with Gasteiger partial charge in [-0.1, -0.05) is 18.2 Å². The van der Waals surface area contributed by atoms with Crippen LogP contribution in [0.15, 0.2) is 72.9 Å². The van der Waals surface area contributed by atoms with Gasteiger partial charge >= 0.3 is 0 Å². The fourth-order valence-corrected chi connectivity index (χ4v) is 3.60. The van der Waals surface area contributed by atoms with Crippen molar-refractivity contribution in [2.75, 3.05) is 17.7 Å². The quantitative estimate of drug-likeness (QED) is 0.330. The Bertz CT molecular complexity index is 1470. The van der Waals surface area contributed by atoms with Gasteiger partial charge in [-0.05, 0) is 48.5 Å². The minimum absolute atomic E-state index is 0.00738. The molecular weight excluding hydrogens is 438 g/mol. The molecule has 0 atom stereocenters. The third-order valence-electron chi connectivity index (χ3n) is 5.08. The van der Waals surface area contributed by atoms with Crippen molar-refractivity contribution in [3.8, 4) is 17.3 Å². The second-order valence-corrected chi connectivity index (χ2v) is 7.68. The van der Waals surface area contributed by atoms with Gasteiger partial charge in [0.2, 0.25) is 5.88 Å². The van der Waals surface area contributed by atoms with Crippen LogP contribution in [0.1, 0.15) is 10.4 Å². The first-order chi connectivity index (χ1) is 16.1. The van der Waals surface area contributed by atoms with Crippen LogP contribution in [0, 0.1) is 0 Å². The number of pyridine rings is 1. The Hall–Kier alpha value is -4.11. The van der Waals surface area contributed by atoms with Crippen LogP contribution in [0.3, 0.4) is 0 Å². The second-order valence-electron chi connectivity index (χ2n) is 7.23. The molecule has 0 bridgehead atoms. The van der Waals surface area contributed by atoms with Gasteiger partial charge in [0, 0.05) is 34.0 Å². The fraction of sp³-hybridized carbons (Fsp3) is 0.0833. The number of hydrogen-bond acceptors (Lipinski definition) is 7. The number of carbonyl (C=O) groups excluding carboxylic acids is 1. The highest BCUT2D eigenvalue weighted by atomic mass is 32.1. The number of phenolic OH excluding ortho intramolecular Hbond substituents is 1. The summed E-state index contributed by atoms with van der Waals surface area (Å²) >= 11 is 4.15. The monoisotopic (exact) mass is 457 g/mol. The summed E-state index contributed by atoms with van der Waals surface area (Å²) in [6.45, 7) is 0.407. The zero-order chi connectivity index (χ0) is 22.8. The lowest BCUT2D eigenvalue weighted by atomic mass is 10.1. The van der Waals surface area contributed by atoms with Gasteiger partial charge < -0.3 is 15.2 Å². The van der Waals surface area contributed by atoms with Gasteiger partial charge in [-0.3, -0.25) is 4.79 Å². The average molecular weight is 458 g/mol. The van der Waals surface area contributed by atoms with Gasteiger partial charge in [-0.25, -0.2) is 4.98 Å². The standard InChI is InChI=1S/C24H19N5O3S/c30-22-17-10-11-25-24(32-12-13-33)18(17)7-9-21(22)29-27-19-8-6-15(14-20(19)28-29)23(31)26-16-4-2-1-3-5-16/h1-11,14,30,33H,12-13H2,(H,26,31). The Morgan fingerprint density at radius 1 is 1.00 bits per heavy atom. The number of para-hydroxylation sites is 1. The number of anilines is 1. The van der Waals surface area contributed by atoms with E-state index in [1.165, 1.54) is 4.80 Å². The molecule has 33 heavy (non-hydrogen) atoms. The van der Waals surface area contributed by atoms with Gasteiger partial charge in [0.25, 0.3) is 5.91 Å². The fourth-order valence-electron chi connectivity index (χ4n) is 3.51. The highest BCUT2D eigenvalue weighted by molar-refractivity contribution is 7.80. The number of nitrogens with zero attached hydrogens (tertiary/aromatic N) is 4. The van der Waals surface area contributed by atoms with Crippen molar-refractivity contribution in [3.63, 3.8) is 0 Å². The zero-order valence-corrected chi connectivity index (χ0v) is 18.2. The molecule has 0 saturated carbocycles. The maximum Gasteiger partial charge on any atom is 0.255 e. The third kappa shape index (κ3) is 4.06. The van der Waals surface area contributed by atoms with Crippen LogP contribution < -0.4 is 10.1 Å². The van der Waals surface area contributed by atoms with Crippen LogP contribution >= 0.6 is 12.6 Å². The normalized spacial score (nSPS) is 11.1. The topological polar surface area (TPSA) is 102 Å². The van der Waals surface area contributed by atoms with Crippen molar-refractivity contribution in [1.29, 1.82) is 0 Å². The molecule has 0 aliphatic carbocycles. The van der Waals surface area contributed by atoms with Gasteiger partial charge in [-0.2, -0.15) is 12.6 Å². The molecule has 0 spiro atoms.